The Hall–Kier alpha value is -0.980. The first kappa shape index (κ1) is 13.5. The molecule has 0 aromatic carbocycles. The minimum Gasteiger partial charge on any atom is -0.372 e. The number of ether oxygens (including phenoxy) is 1. The van der Waals surface area contributed by atoms with Crippen LogP contribution in [0.3, 0.4) is 0 Å². The highest BCUT2D eigenvalue weighted by molar-refractivity contribution is 7.11. The minimum absolute atomic E-state index is 0.326. The third-order valence-corrected chi connectivity index (χ3v) is 4.25. The highest BCUT2D eigenvalue weighted by atomic mass is 32.1. The number of carbonyl (C=O) groups excluding carboxylic acids is 1. The van der Waals surface area contributed by atoms with E-state index >= 15 is 0 Å². The number of nitrogen functional groups attached to an aromatic ring is 1. The van der Waals surface area contributed by atoms with Gasteiger partial charge in [-0.1, -0.05) is 19.8 Å². The van der Waals surface area contributed by atoms with Gasteiger partial charge in [-0.05, 0) is 18.8 Å². The Balaban J connectivity index is 1.86. The Morgan fingerprint density at radius 2 is 2.39 bits per heavy atom. The molecule has 1 aromatic heterocycles. The van der Waals surface area contributed by atoms with Gasteiger partial charge in [0.1, 0.15) is 0 Å². The fourth-order valence-corrected chi connectivity index (χ4v) is 2.97. The molecule has 2 unspecified atom stereocenters. The number of nitrogens with two attached hydrogens (primary N) is 1. The first-order valence-electron chi connectivity index (χ1n) is 6.27. The van der Waals surface area contributed by atoms with Gasteiger partial charge in [-0.15, -0.1) is 11.3 Å². The van der Waals surface area contributed by atoms with E-state index < -0.39 is 0 Å². The number of aromatic nitrogens is 1. The zero-order valence-corrected chi connectivity index (χ0v) is 11.3. The summed E-state index contributed by atoms with van der Waals surface area (Å²) in [5.41, 5.74) is 2.88. The van der Waals surface area contributed by atoms with Crippen LogP contribution in [0.15, 0.2) is 5.38 Å². The Bertz CT molecular complexity index is 408. The fraction of sp³-hybridized carbons (Fsp3) is 0.667. The van der Waals surface area contributed by atoms with Crippen LogP contribution in [0, 0.1) is 5.92 Å². The molecule has 1 heterocycles. The molecular weight excluding hydrogens is 250 g/mol. The summed E-state index contributed by atoms with van der Waals surface area (Å²) >= 11 is 1.29. The van der Waals surface area contributed by atoms with E-state index in [1.807, 2.05) is 5.38 Å². The van der Waals surface area contributed by atoms with Crippen LogP contribution < -0.4 is 11.3 Å². The van der Waals surface area contributed by atoms with Gasteiger partial charge in [0.2, 0.25) is 0 Å². The molecule has 1 aliphatic rings. The lowest BCUT2D eigenvalue weighted by Crippen LogP contribution is -2.29. The van der Waals surface area contributed by atoms with Crippen molar-refractivity contribution >= 4 is 17.2 Å². The van der Waals surface area contributed by atoms with Crippen LogP contribution >= 0.6 is 11.3 Å². The number of nitrogens with zero attached hydrogens (tertiary/aromatic N) is 1. The molecule has 1 saturated carbocycles. The van der Waals surface area contributed by atoms with E-state index in [1.54, 1.807) is 0 Å². The van der Waals surface area contributed by atoms with E-state index in [9.17, 15) is 4.79 Å². The van der Waals surface area contributed by atoms with Crippen LogP contribution in [-0.2, 0) is 11.3 Å². The molecule has 1 aliphatic carbocycles. The highest BCUT2D eigenvalue weighted by Crippen LogP contribution is 2.27. The van der Waals surface area contributed by atoms with E-state index in [2.05, 4.69) is 17.3 Å². The van der Waals surface area contributed by atoms with E-state index in [-0.39, 0.29) is 5.91 Å². The van der Waals surface area contributed by atoms with Crippen LogP contribution in [0.5, 0.6) is 0 Å². The monoisotopic (exact) mass is 269 g/mol. The Morgan fingerprint density at radius 1 is 1.61 bits per heavy atom. The summed E-state index contributed by atoms with van der Waals surface area (Å²) in [6, 6.07) is 0. The molecule has 0 radical (unpaired) electrons. The van der Waals surface area contributed by atoms with Gasteiger partial charge in [0, 0.05) is 5.38 Å². The number of hydrazine groups is 1. The number of rotatable bonds is 4. The Morgan fingerprint density at radius 3 is 3.11 bits per heavy atom. The molecule has 100 valence electrons. The third kappa shape index (κ3) is 3.28. The molecule has 3 N–H and O–H groups in total. The van der Waals surface area contributed by atoms with Crippen molar-refractivity contribution in [1.82, 2.24) is 10.4 Å². The molecule has 1 fully saturated rings. The van der Waals surface area contributed by atoms with Gasteiger partial charge >= 0.3 is 0 Å². The van der Waals surface area contributed by atoms with Gasteiger partial charge in [-0.25, -0.2) is 10.8 Å². The van der Waals surface area contributed by atoms with Crippen molar-refractivity contribution in [3.63, 3.8) is 0 Å². The smallest absolute Gasteiger partial charge is 0.294 e. The normalized spacial score (nSPS) is 23.9. The summed E-state index contributed by atoms with van der Waals surface area (Å²) in [4.78, 5) is 15.4. The summed E-state index contributed by atoms with van der Waals surface area (Å²) < 4.78 is 5.89. The largest absolute Gasteiger partial charge is 0.372 e. The van der Waals surface area contributed by atoms with Gasteiger partial charge in [0.05, 0.1) is 18.4 Å². The molecule has 0 saturated heterocycles. The van der Waals surface area contributed by atoms with Crippen molar-refractivity contribution in [2.75, 3.05) is 0 Å². The zero-order valence-electron chi connectivity index (χ0n) is 10.5. The predicted molar refractivity (Wildman–Crippen MR) is 70.0 cm³/mol. The van der Waals surface area contributed by atoms with E-state index in [0.717, 1.165) is 12.1 Å². The molecule has 2 atom stereocenters. The van der Waals surface area contributed by atoms with Crippen LogP contribution in [-0.4, -0.2) is 17.0 Å². The zero-order chi connectivity index (χ0) is 13.0. The maximum Gasteiger partial charge on any atom is 0.294 e. The summed E-state index contributed by atoms with van der Waals surface area (Å²) in [6.07, 6.45) is 5.24. The quantitative estimate of drug-likeness (QED) is 0.497. The van der Waals surface area contributed by atoms with Crippen LogP contribution in [0.2, 0.25) is 0 Å². The van der Waals surface area contributed by atoms with E-state index in [0.29, 0.717) is 23.6 Å². The van der Waals surface area contributed by atoms with Crippen molar-refractivity contribution in [3.05, 3.63) is 16.1 Å². The molecule has 1 amide bonds. The Kier molecular flexibility index (Phi) is 4.68. The highest BCUT2D eigenvalue weighted by Gasteiger charge is 2.22. The predicted octanol–water partition coefficient (Wildman–Crippen LogP) is 1.84. The summed E-state index contributed by atoms with van der Waals surface area (Å²) in [6.45, 7) is 2.71. The average Bonchev–Trinajstić information content (AvgIpc) is 2.86. The number of carbonyl (C=O) groups is 1. The Labute approximate surface area is 111 Å². The second-order valence-corrected chi connectivity index (χ2v) is 5.59. The number of nitrogens with one attached hydrogen (secondary N) is 1. The van der Waals surface area contributed by atoms with Crippen LogP contribution in [0.4, 0.5) is 0 Å². The van der Waals surface area contributed by atoms with Crippen molar-refractivity contribution in [2.45, 2.75) is 45.3 Å². The van der Waals surface area contributed by atoms with Crippen molar-refractivity contribution in [2.24, 2.45) is 11.8 Å². The molecule has 2 rings (SSSR count). The van der Waals surface area contributed by atoms with Crippen molar-refractivity contribution in [1.29, 1.82) is 0 Å². The van der Waals surface area contributed by atoms with Crippen molar-refractivity contribution in [3.8, 4) is 0 Å². The topological polar surface area (TPSA) is 77.2 Å². The fourth-order valence-electron chi connectivity index (χ4n) is 2.26. The number of hydrogen-bond donors (Lipinski definition) is 2. The SMILES string of the molecule is CC1CCCCC1OCc1csc(C(=O)NN)n1. The second-order valence-electron chi connectivity index (χ2n) is 4.73. The number of amides is 1. The molecular formula is C12H19N3O2S. The molecule has 0 bridgehead atoms. The summed E-state index contributed by atoms with van der Waals surface area (Å²) in [5.74, 6) is 5.32. The molecule has 0 aliphatic heterocycles. The van der Waals surface area contributed by atoms with Gasteiger partial charge < -0.3 is 4.74 Å². The molecule has 18 heavy (non-hydrogen) atoms. The van der Waals surface area contributed by atoms with Crippen LogP contribution in [0.1, 0.15) is 48.1 Å². The standard InChI is InChI=1S/C12H19N3O2S/c1-8-4-2-3-5-10(8)17-6-9-7-18-12(14-9)11(16)15-13/h7-8,10H,2-6,13H2,1H3,(H,15,16). The van der Waals surface area contributed by atoms with E-state index in [4.69, 9.17) is 10.6 Å². The lowest BCUT2D eigenvalue weighted by Gasteiger charge is -2.28. The van der Waals surface area contributed by atoms with Crippen LogP contribution in [0.25, 0.3) is 0 Å². The minimum atomic E-state index is -0.350. The maximum atomic E-state index is 11.3. The third-order valence-electron chi connectivity index (χ3n) is 3.36. The number of thiazole rings is 1. The molecule has 5 nitrogen and oxygen atoms in total. The summed E-state index contributed by atoms with van der Waals surface area (Å²) in [5, 5.41) is 2.23. The average molecular weight is 269 g/mol. The van der Waals surface area contributed by atoms with Gasteiger partial charge in [-0.3, -0.25) is 10.2 Å². The lowest BCUT2D eigenvalue weighted by molar-refractivity contribution is -0.0166. The van der Waals surface area contributed by atoms with Gasteiger partial charge in [0.15, 0.2) is 5.01 Å². The van der Waals surface area contributed by atoms with Gasteiger partial charge in [-0.2, -0.15) is 0 Å². The number of hydrogen-bond acceptors (Lipinski definition) is 5. The van der Waals surface area contributed by atoms with Gasteiger partial charge in [0.25, 0.3) is 5.91 Å². The molecule has 0 spiro atoms. The second kappa shape index (κ2) is 6.26. The first-order chi connectivity index (χ1) is 8.70. The molecule has 1 aromatic rings. The lowest BCUT2D eigenvalue weighted by atomic mass is 9.88. The molecule has 6 heteroatoms. The first-order valence-corrected chi connectivity index (χ1v) is 7.15. The maximum absolute atomic E-state index is 11.3. The summed E-state index contributed by atoms with van der Waals surface area (Å²) in [7, 11) is 0. The van der Waals surface area contributed by atoms with Crippen molar-refractivity contribution < 1.29 is 9.53 Å². The van der Waals surface area contributed by atoms with E-state index in [1.165, 1.54) is 30.6 Å².